The summed E-state index contributed by atoms with van der Waals surface area (Å²) >= 11 is 8.82. The number of nitrogens with zero attached hydrogens (tertiary/aromatic N) is 1. The van der Waals surface area contributed by atoms with E-state index in [0.717, 1.165) is 18.2 Å². The van der Waals surface area contributed by atoms with Crippen molar-refractivity contribution >= 4 is 44.9 Å². The van der Waals surface area contributed by atoms with E-state index in [4.69, 9.17) is 16.7 Å². The van der Waals surface area contributed by atoms with E-state index in [1.54, 1.807) is 0 Å². The molecule has 2 rings (SSSR count). The van der Waals surface area contributed by atoms with Gasteiger partial charge in [-0.15, -0.1) is 13.2 Å². The molecule has 1 atom stereocenters. The van der Waals surface area contributed by atoms with Crippen LogP contribution in [0.15, 0.2) is 34.8 Å². The van der Waals surface area contributed by atoms with Crippen LogP contribution in [0.4, 0.5) is 28.9 Å². The van der Waals surface area contributed by atoms with Gasteiger partial charge in [0.05, 0.1) is 27.9 Å². The van der Waals surface area contributed by atoms with E-state index >= 15 is 0 Å². The van der Waals surface area contributed by atoms with Crippen molar-refractivity contribution in [1.29, 1.82) is 0 Å². The van der Waals surface area contributed by atoms with Gasteiger partial charge >= 0.3 is 12.3 Å². The Morgan fingerprint density at radius 1 is 1.38 bits per heavy atom. The van der Waals surface area contributed by atoms with E-state index in [2.05, 4.69) is 26.0 Å². The fourth-order valence-electron chi connectivity index (χ4n) is 2.46. The first kappa shape index (κ1) is 22.7. The molecule has 0 spiro atoms. The summed E-state index contributed by atoms with van der Waals surface area (Å²) in [6, 6.07) is 3.33. The normalized spacial score (nSPS) is 12.3. The maximum atomic E-state index is 13.7. The SMILES string of the molecule is O=C(O)CC(Nc1cc(Br)c(F)cc1[N+](=O)[O-])c1c(Cl)cccc1OC(F)(F)F. The van der Waals surface area contributed by atoms with Gasteiger partial charge in [0.15, 0.2) is 0 Å². The molecule has 2 N–H and O–H groups in total. The second kappa shape index (κ2) is 8.82. The Morgan fingerprint density at radius 2 is 2.03 bits per heavy atom. The Hall–Kier alpha value is -2.60. The number of hydrogen-bond acceptors (Lipinski definition) is 5. The molecule has 2 aromatic carbocycles. The standard InChI is InChI=1S/C16H10BrClF4N2O5/c17-7-4-10(12(24(27)28)5-9(7)19)23-11(6-14(25)26)15-8(18)2-1-3-13(15)29-16(20,21)22/h1-5,11,23H,6H2,(H,25,26). The van der Waals surface area contributed by atoms with Crippen LogP contribution in [0.2, 0.25) is 5.02 Å². The van der Waals surface area contributed by atoms with Crippen molar-refractivity contribution in [3.05, 3.63) is 61.3 Å². The van der Waals surface area contributed by atoms with Crippen LogP contribution < -0.4 is 10.1 Å². The van der Waals surface area contributed by atoms with Crippen LogP contribution in [0.3, 0.4) is 0 Å². The highest BCUT2D eigenvalue weighted by molar-refractivity contribution is 9.10. The smallest absolute Gasteiger partial charge is 0.481 e. The number of benzene rings is 2. The molecule has 0 radical (unpaired) electrons. The Labute approximate surface area is 173 Å². The van der Waals surface area contributed by atoms with E-state index in [1.807, 2.05) is 0 Å². The molecule has 0 bridgehead atoms. The maximum Gasteiger partial charge on any atom is 0.573 e. The van der Waals surface area contributed by atoms with Crippen molar-refractivity contribution in [2.45, 2.75) is 18.8 Å². The first-order chi connectivity index (χ1) is 13.4. The summed E-state index contributed by atoms with van der Waals surface area (Å²) in [5, 5.41) is 22.6. The monoisotopic (exact) mass is 500 g/mol. The maximum absolute atomic E-state index is 13.7. The number of nitro groups is 1. The molecule has 156 valence electrons. The molecule has 0 amide bonds. The molecule has 0 fully saturated rings. The van der Waals surface area contributed by atoms with Gasteiger partial charge in [0.1, 0.15) is 17.3 Å². The number of rotatable bonds is 7. The molecule has 0 saturated carbocycles. The van der Waals surface area contributed by atoms with Crippen LogP contribution in [0.5, 0.6) is 5.75 Å². The topological polar surface area (TPSA) is 102 Å². The third-order valence-corrected chi connectivity index (χ3v) is 4.47. The van der Waals surface area contributed by atoms with Gasteiger partial charge in [0.2, 0.25) is 0 Å². The number of carbonyl (C=O) groups is 1. The zero-order valence-corrected chi connectivity index (χ0v) is 16.3. The lowest BCUT2D eigenvalue weighted by Crippen LogP contribution is -2.22. The average molecular weight is 502 g/mol. The molecule has 0 aromatic heterocycles. The predicted octanol–water partition coefficient (Wildman–Crippen LogP) is 5.68. The summed E-state index contributed by atoms with van der Waals surface area (Å²) in [4.78, 5) is 21.6. The molecule has 0 aliphatic carbocycles. The minimum Gasteiger partial charge on any atom is -0.481 e. The zero-order chi connectivity index (χ0) is 21.9. The summed E-state index contributed by atoms with van der Waals surface area (Å²) in [5.74, 6) is -3.19. The number of nitrogens with one attached hydrogen (secondary N) is 1. The predicted molar refractivity (Wildman–Crippen MR) is 97.5 cm³/mol. The van der Waals surface area contributed by atoms with Gasteiger partial charge < -0.3 is 15.2 Å². The Kier molecular flexibility index (Phi) is 6.90. The van der Waals surface area contributed by atoms with Crippen LogP contribution in [-0.4, -0.2) is 22.4 Å². The van der Waals surface area contributed by atoms with Crippen LogP contribution >= 0.6 is 27.5 Å². The third kappa shape index (κ3) is 5.94. The molecular formula is C16H10BrClF4N2O5. The number of aliphatic carboxylic acids is 1. The van der Waals surface area contributed by atoms with Crippen molar-refractivity contribution in [2.24, 2.45) is 0 Å². The second-order valence-corrected chi connectivity index (χ2v) is 6.80. The zero-order valence-electron chi connectivity index (χ0n) is 14.0. The van der Waals surface area contributed by atoms with Gasteiger partial charge in [-0.05, 0) is 34.1 Å². The van der Waals surface area contributed by atoms with Crippen molar-refractivity contribution in [3.63, 3.8) is 0 Å². The number of carboxylic acid groups (broad SMARTS) is 1. The second-order valence-electron chi connectivity index (χ2n) is 5.53. The fourth-order valence-corrected chi connectivity index (χ4v) is 3.10. The molecule has 13 heteroatoms. The van der Waals surface area contributed by atoms with Gasteiger partial charge in [-0.3, -0.25) is 14.9 Å². The molecule has 0 aliphatic rings. The summed E-state index contributed by atoms with van der Waals surface area (Å²) in [6.45, 7) is 0. The van der Waals surface area contributed by atoms with Crippen molar-refractivity contribution in [3.8, 4) is 5.75 Å². The molecule has 2 aromatic rings. The first-order valence-electron chi connectivity index (χ1n) is 7.55. The van der Waals surface area contributed by atoms with E-state index < -0.39 is 47.0 Å². The lowest BCUT2D eigenvalue weighted by atomic mass is 10.0. The van der Waals surface area contributed by atoms with Crippen molar-refractivity contribution in [1.82, 2.24) is 0 Å². The summed E-state index contributed by atoms with van der Waals surface area (Å²) in [7, 11) is 0. The van der Waals surface area contributed by atoms with Crippen LogP contribution in [-0.2, 0) is 4.79 Å². The molecule has 0 heterocycles. The van der Waals surface area contributed by atoms with Gasteiger partial charge in [-0.1, -0.05) is 17.7 Å². The number of ether oxygens (including phenoxy) is 1. The number of carboxylic acids is 1. The largest absolute Gasteiger partial charge is 0.573 e. The van der Waals surface area contributed by atoms with Crippen molar-refractivity contribution < 1.29 is 37.1 Å². The number of nitro benzene ring substituents is 1. The van der Waals surface area contributed by atoms with Crippen LogP contribution in [0.25, 0.3) is 0 Å². The number of halogens is 6. The van der Waals surface area contributed by atoms with Gasteiger partial charge in [0, 0.05) is 10.6 Å². The summed E-state index contributed by atoms with van der Waals surface area (Å²) in [5.41, 5.74) is -1.48. The van der Waals surface area contributed by atoms with E-state index in [9.17, 15) is 32.5 Å². The van der Waals surface area contributed by atoms with Gasteiger partial charge in [0.25, 0.3) is 5.69 Å². The van der Waals surface area contributed by atoms with Crippen LogP contribution in [0, 0.1) is 15.9 Å². The van der Waals surface area contributed by atoms with Crippen molar-refractivity contribution in [2.75, 3.05) is 5.32 Å². The van der Waals surface area contributed by atoms with Crippen LogP contribution in [0.1, 0.15) is 18.0 Å². The van der Waals surface area contributed by atoms with E-state index in [1.165, 1.54) is 6.07 Å². The van der Waals surface area contributed by atoms with E-state index in [0.29, 0.717) is 6.07 Å². The quantitative estimate of drug-likeness (QED) is 0.288. The first-order valence-corrected chi connectivity index (χ1v) is 8.72. The molecule has 29 heavy (non-hydrogen) atoms. The molecular weight excluding hydrogens is 492 g/mol. The minimum atomic E-state index is -5.10. The highest BCUT2D eigenvalue weighted by atomic mass is 79.9. The van der Waals surface area contributed by atoms with Gasteiger partial charge in [-0.25, -0.2) is 4.39 Å². The summed E-state index contributed by atoms with van der Waals surface area (Å²) in [6.07, 6.45) is -5.91. The highest BCUT2D eigenvalue weighted by Gasteiger charge is 2.34. The lowest BCUT2D eigenvalue weighted by Gasteiger charge is -2.23. The number of hydrogen-bond donors (Lipinski definition) is 2. The Morgan fingerprint density at radius 3 is 2.59 bits per heavy atom. The Balaban J connectivity index is 2.60. The molecule has 0 saturated heterocycles. The highest BCUT2D eigenvalue weighted by Crippen LogP contribution is 2.40. The molecule has 1 unspecified atom stereocenters. The third-order valence-electron chi connectivity index (χ3n) is 3.53. The summed E-state index contributed by atoms with van der Waals surface area (Å²) < 4.78 is 55.6. The molecule has 0 aliphatic heterocycles. The minimum absolute atomic E-state index is 0.189. The Bertz CT molecular complexity index is 958. The average Bonchev–Trinajstić information content (AvgIpc) is 2.55. The lowest BCUT2D eigenvalue weighted by molar-refractivity contribution is -0.384. The van der Waals surface area contributed by atoms with E-state index in [-0.39, 0.29) is 20.7 Å². The number of anilines is 1. The van der Waals surface area contributed by atoms with Gasteiger partial charge in [-0.2, -0.15) is 0 Å². The number of alkyl halides is 3. The molecule has 7 nitrogen and oxygen atoms in total. The fraction of sp³-hybridized carbons (Fsp3) is 0.188.